The third-order valence-corrected chi connectivity index (χ3v) is 4.26. The van der Waals surface area contributed by atoms with E-state index in [2.05, 4.69) is 61.8 Å². The molecule has 1 N–H and O–H groups in total. The summed E-state index contributed by atoms with van der Waals surface area (Å²) in [5.41, 5.74) is 1.48. The monoisotopic (exact) mass is 276 g/mol. The summed E-state index contributed by atoms with van der Waals surface area (Å²) in [6, 6.07) is 11.3. The molecule has 20 heavy (non-hydrogen) atoms. The van der Waals surface area contributed by atoms with E-state index >= 15 is 0 Å². The maximum Gasteiger partial charge on any atom is 0.0599 e. The Morgan fingerprint density at radius 2 is 1.80 bits per heavy atom. The second kappa shape index (κ2) is 6.25. The summed E-state index contributed by atoms with van der Waals surface area (Å²) in [7, 11) is 0. The van der Waals surface area contributed by atoms with Gasteiger partial charge in [-0.2, -0.15) is 0 Å². The zero-order chi connectivity index (χ0) is 14.8. The lowest BCUT2D eigenvalue weighted by atomic mass is 9.97. The van der Waals surface area contributed by atoms with Crippen molar-refractivity contribution in [2.24, 2.45) is 0 Å². The fourth-order valence-corrected chi connectivity index (χ4v) is 3.23. The van der Waals surface area contributed by atoms with Crippen molar-refractivity contribution in [1.82, 2.24) is 9.80 Å². The number of nitrogens with zero attached hydrogens (tertiary/aromatic N) is 2. The van der Waals surface area contributed by atoms with Crippen molar-refractivity contribution in [3.63, 3.8) is 0 Å². The van der Waals surface area contributed by atoms with Crippen LogP contribution in [0.2, 0.25) is 0 Å². The SMILES string of the molecule is C[C@H]1CN(Cc2ccccc2)[C@@H](CO)CN1C(C)(C)C. The molecule has 0 saturated carbocycles. The molecule has 1 aliphatic rings. The molecule has 3 heteroatoms. The van der Waals surface area contributed by atoms with Crippen LogP contribution in [0.1, 0.15) is 33.3 Å². The summed E-state index contributed by atoms with van der Waals surface area (Å²) in [6.07, 6.45) is 0. The van der Waals surface area contributed by atoms with Gasteiger partial charge < -0.3 is 5.11 Å². The third kappa shape index (κ3) is 3.60. The highest BCUT2D eigenvalue weighted by Gasteiger charge is 2.36. The molecule has 0 bridgehead atoms. The molecule has 0 spiro atoms. The number of aliphatic hydroxyl groups excluding tert-OH is 1. The summed E-state index contributed by atoms with van der Waals surface area (Å²) in [5.74, 6) is 0. The van der Waals surface area contributed by atoms with Crippen molar-refractivity contribution < 1.29 is 5.11 Å². The van der Waals surface area contributed by atoms with E-state index in [4.69, 9.17) is 0 Å². The predicted octanol–water partition coefficient (Wildman–Crippen LogP) is 2.35. The van der Waals surface area contributed by atoms with E-state index in [1.165, 1.54) is 5.56 Å². The maximum atomic E-state index is 9.74. The Bertz CT molecular complexity index is 413. The van der Waals surface area contributed by atoms with Gasteiger partial charge in [0.1, 0.15) is 0 Å². The molecular formula is C17H28N2O. The molecule has 0 amide bonds. The van der Waals surface area contributed by atoms with Gasteiger partial charge in [0.05, 0.1) is 6.61 Å². The molecule has 0 unspecified atom stereocenters. The molecule has 0 radical (unpaired) electrons. The van der Waals surface area contributed by atoms with E-state index in [-0.39, 0.29) is 18.2 Å². The van der Waals surface area contributed by atoms with Crippen LogP contribution in [-0.2, 0) is 6.54 Å². The Hall–Kier alpha value is -0.900. The second-order valence-corrected chi connectivity index (χ2v) is 6.92. The van der Waals surface area contributed by atoms with Crippen LogP contribution in [0.3, 0.4) is 0 Å². The predicted molar refractivity (Wildman–Crippen MR) is 83.6 cm³/mol. The Morgan fingerprint density at radius 1 is 1.15 bits per heavy atom. The Morgan fingerprint density at radius 3 is 2.35 bits per heavy atom. The average Bonchev–Trinajstić information content (AvgIpc) is 2.38. The summed E-state index contributed by atoms with van der Waals surface area (Å²) in [6.45, 7) is 12.2. The van der Waals surface area contributed by atoms with Crippen molar-refractivity contribution >= 4 is 0 Å². The number of rotatable bonds is 3. The lowest BCUT2D eigenvalue weighted by Gasteiger charge is -2.50. The van der Waals surface area contributed by atoms with Crippen molar-refractivity contribution in [3.05, 3.63) is 35.9 Å². The topological polar surface area (TPSA) is 26.7 Å². The molecule has 1 saturated heterocycles. The van der Waals surface area contributed by atoms with E-state index in [0.29, 0.717) is 6.04 Å². The smallest absolute Gasteiger partial charge is 0.0599 e. The van der Waals surface area contributed by atoms with E-state index in [1.54, 1.807) is 0 Å². The molecule has 112 valence electrons. The van der Waals surface area contributed by atoms with E-state index in [0.717, 1.165) is 19.6 Å². The number of hydrogen-bond donors (Lipinski definition) is 1. The fraction of sp³-hybridized carbons (Fsp3) is 0.647. The van der Waals surface area contributed by atoms with Crippen molar-refractivity contribution in [1.29, 1.82) is 0 Å². The largest absolute Gasteiger partial charge is 0.395 e. The lowest BCUT2D eigenvalue weighted by Crippen LogP contribution is -2.62. The minimum atomic E-state index is 0.158. The third-order valence-electron chi connectivity index (χ3n) is 4.26. The first kappa shape index (κ1) is 15.5. The van der Waals surface area contributed by atoms with Gasteiger partial charge >= 0.3 is 0 Å². The van der Waals surface area contributed by atoms with Gasteiger partial charge in [-0.15, -0.1) is 0 Å². The quantitative estimate of drug-likeness (QED) is 0.918. The highest BCUT2D eigenvalue weighted by atomic mass is 16.3. The summed E-state index contributed by atoms with van der Waals surface area (Å²) in [5, 5.41) is 9.74. The van der Waals surface area contributed by atoms with Crippen LogP contribution in [0.25, 0.3) is 0 Å². The van der Waals surface area contributed by atoms with Gasteiger partial charge in [-0.3, -0.25) is 9.80 Å². The van der Waals surface area contributed by atoms with Crippen molar-refractivity contribution in [2.75, 3.05) is 19.7 Å². The first-order valence-electron chi connectivity index (χ1n) is 7.57. The first-order valence-corrected chi connectivity index (χ1v) is 7.57. The van der Waals surface area contributed by atoms with E-state index in [1.807, 2.05) is 6.07 Å². The zero-order valence-electron chi connectivity index (χ0n) is 13.2. The first-order chi connectivity index (χ1) is 9.41. The number of piperazine rings is 1. The van der Waals surface area contributed by atoms with Gasteiger partial charge in [-0.05, 0) is 33.3 Å². The molecule has 2 atom stereocenters. The van der Waals surface area contributed by atoms with Crippen LogP contribution in [0.5, 0.6) is 0 Å². The second-order valence-electron chi connectivity index (χ2n) is 6.92. The number of benzene rings is 1. The Kier molecular flexibility index (Phi) is 4.84. The standard InChI is InChI=1S/C17H28N2O/c1-14-10-18(11-15-8-6-5-7-9-15)16(13-20)12-19(14)17(2,3)4/h5-9,14,16,20H,10-13H2,1-4H3/t14-,16+/m0/s1. The van der Waals surface area contributed by atoms with Crippen LogP contribution < -0.4 is 0 Å². The van der Waals surface area contributed by atoms with Crippen LogP contribution in [0, 0.1) is 0 Å². The zero-order valence-corrected chi connectivity index (χ0v) is 13.2. The van der Waals surface area contributed by atoms with Crippen LogP contribution in [-0.4, -0.2) is 52.2 Å². The van der Waals surface area contributed by atoms with E-state index in [9.17, 15) is 5.11 Å². The fourth-order valence-electron chi connectivity index (χ4n) is 3.23. The van der Waals surface area contributed by atoms with Gasteiger partial charge in [0.15, 0.2) is 0 Å². The summed E-state index contributed by atoms with van der Waals surface area (Å²) >= 11 is 0. The molecule has 0 aromatic heterocycles. The van der Waals surface area contributed by atoms with Gasteiger partial charge in [0, 0.05) is 37.3 Å². The van der Waals surface area contributed by atoms with Crippen molar-refractivity contribution in [2.45, 2.75) is 51.9 Å². The number of aliphatic hydroxyl groups is 1. The van der Waals surface area contributed by atoms with Crippen LogP contribution in [0.4, 0.5) is 0 Å². The molecule has 0 aliphatic carbocycles. The highest BCUT2D eigenvalue weighted by molar-refractivity contribution is 5.15. The van der Waals surface area contributed by atoms with Crippen molar-refractivity contribution in [3.8, 4) is 0 Å². The molecule has 1 aromatic carbocycles. The summed E-state index contributed by atoms with van der Waals surface area (Å²) < 4.78 is 0. The minimum Gasteiger partial charge on any atom is -0.395 e. The molecule has 1 aliphatic heterocycles. The summed E-state index contributed by atoms with van der Waals surface area (Å²) in [4.78, 5) is 4.93. The normalized spacial score (nSPS) is 25.9. The van der Waals surface area contributed by atoms with Gasteiger partial charge in [-0.1, -0.05) is 30.3 Å². The molecule has 1 heterocycles. The van der Waals surface area contributed by atoms with Gasteiger partial charge in [-0.25, -0.2) is 0 Å². The molecule has 2 rings (SSSR count). The van der Waals surface area contributed by atoms with Gasteiger partial charge in [0.2, 0.25) is 0 Å². The van der Waals surface area contributed by atoms with Gasteiger partial charge in [0.25, 0.3) is 0 Å². The molecule has 1 fully saturated rings. The molecular weight excluding hydrogens is 248 g/mol. The highest BCUT2D eigenvalue weighted by Crippen LogP contribution is 2.25. The average molecular weight is 276 g/mol. The Balaban J connectivity index is 2.08. The lowest BCUT2D eigenvalue weighted by molar-refractivity contribution is -0.0359. The van der Waals surface area contributed by atoms with Crippen LogP contribution in [0.15, 0.2) is 30.3 Å². The maximum absolute atomic E-state index is 9.74. The Labute approximate surface area is 123 Å². The molecule has 1 aromatic rings. The molecule has 3 nitrogen and oxygen atoms in total. The van der Waals surface area contributed by atoms with E-state index < -0.39 is 0 Å². The minimum absolute atomic E-state index is 0.158. The van der Waals surface area contributed by atoms with Crippen LogP contribution >= 0.6 is 0 Å². The number of hydrogen-bond acceptors (Lipinski definition) is 3.